The number of amides is 2. The molecule has 0 radical (unpaired) electrons. The molecule has 0 saturated heterocycles. The van der Waals surface area contributed by atoms with Crippen LogP contribution in [-0.4, -0.2) is 337 Å². The van der Waals surface area contributed by atoms with Crippen molar-refractivity contribution in [1.82, 2.24) is 10.6 Å². The lowest BCUT2D eigenvalue weighted by Gasteiger charge is -2.32. The van der Waals surface area contributed by atoms with Gasteiger partial charge in [-0.15, -0.1) is 0 Å². The van der Waals surface area contributed by atoms with Gasteiger partial charge in [-0.1, -0.05) is 32.9 Å². The molecular formula is C56H109N7O25S5. The molecule has 0 aromatic heterocycles. The summed E-state index contributed by atoms with van der Waals surface area (Å²) in [5, 5.41) is 24.5. The smallest absolute Gasteiger partial charge is 0.333 e. The van der Waals surface area contributed by atoms with Crippen molar-refractivity contribution in [3.63, 3.8) is 0 Å². The van der Waals surface area contributed by atoms with Crippen LogP contribution in [0.15, 0.2) is 61.3 Å². The number of quaternary nitrogens is 5. The summed E-state index contributed by atoms with van der Waals surface area (Å²) < 4.78 is 174. The Morgan fingerprint density at radius 1 is 0.409 bits per heavy atom. The maximum absolute atomic E-state index is 11.2. The van der Waals surface area contributed by atoms with Crippen molar-refractivity contribution < 1.29 is 136 Å². The molecule has 0 aliphatic carbocycles. The van der Waals surface area contributed by atoms with Crippen LogP contribution >= 0.6 is 0 Å². The molecule has 37 heteroatoms. The van der Waals surface area contributed by atoms with Crippen LogP contribution in [0.5, 0.6) is 0 Å². The number of carbonyl (C=O) groups excluding carboxylic acids is 5. The SMILES string of the molecule is C=C(C)C(=O)NCCC[N+](C)(C)CC(O)CS(=O)(=O)[O-].C=C(C)C(=O)NCCC[N+](C)(C)CCCS(=O)(=O)[O-].C=C(C)C(=O)OCC[N+](C)(C)CC(O)CS(=O)(=O)[O-].C=C(C)C(=O)OCC[N+](C)(C)CCCS(=O)(=O)[O-].C=CC(=O)OCC[N+](C)(C)CCCS(=O)(=O)[O-]. The Hall–Kier alpha value is -4.68. The monoisotopic (exact) mass is 1440 g/mol. The Morgan fingerprint density at radius 2 is 0.656 bits per heavy atom. The van der Waals surface area contributed by atoms with Crippen LogP contribution in [0.2, 0.25) is 0 Å². The minimum atomic E-state index is -4.45. The molecule has 4 N–H and O–H groups in total. The molecule has 0 saturated carbocycles. The quantitative estimate of drug-likeness (QED) is 0.0129. The van der Waals surface area contributed by atoms with Crippen molar-refractivity contribution in [2.24, 2.45) is 0 Å². The highest BCUT2D eigenvalue weighted by molar-refractivity contribution is 7.86. The minimum absolute atomic E-state index is 0.0755. The van der Waals surface area contributed by atoms with Crippen molar-refractivity contribution in [2.45, 2.75) is 72.0 Å². The zero-order valence-corrected chi connectivity index (χ0v) is 61.1. The maximum atomic E-state index is 11.2. The Bertz CT molecular complexity index is 2970. The van der Waals surface area contributed by atoms with Crippen LogP contribution in [0, 0.1) is 0 Å². The van der Waals surface area contributed by atoms with E-state index in [1.165, 1.54) is 6.92 Å². The van der Waals surface area contributed by atoms with Gasteiger partial charge in [0.15, 0.2) is 0 Å². The van der Waals surface area contributed by atoms with Crippen LogP contribution < -0.4 is 10.6 Å². The summed E-state index contributed by atoms with van der Waals surface area (Å²) in [5.41, 5.74) is 1.56. The molecule has 32 nitrogen and oxygen atoms in total. The molecule has 0 aromatic carbocycles. The van der Waals surface area contributed by atoms with Crippen molar-refractivity contribution in [3.8, 4) is 0 Å². The Kier molecular flexibility index (Phi) is 47.7. The lowest BCUT2D eigenvalue weighted by Crippen LogP contribution is -2.49. The van der Waals surface area contributed by atoms with E-state index < -0.39 is 92.2 Å². The van der Waals surface area contributed by atoms with Gasteiger partial charge >= 0.3 is 17.9 Å². The van der Waals surface area contributed by atoms with Crippen LogP contribution in [0.4, 0.5) is 0 Å². The molecule has 0 fully saturated rings. The molecular weight excluding hydrogens is 1330 g/mol. The Morgan fingerprint density at radius 3 is 0.914 bits per heavy atom. The van der Waals surface area contributed by atoms with Gasteiger partial charge in [0.25, 0.3) is 0 Å². The molecule has 2 unspecified atom stereocenters. The molecule has 0 bridgehead atoms. The fraction of sp³-hybridized carbons (Fsp3) is 0.732. The second-order valence-electron chi connectivity index (χ2n) is 25.4. The molecule has 2 atom stereocenters. The lowest BCUT2D eigenvalue weighted by atomic mass is 10.2. The molecule has 0 heterocycles. The first kappa shape index (κ1) is 97.0. The van der Waals surface area contributed by atoms with Gasteiger partial charge in [0.05, 0.1) is 165 Å². The summed E-state index contributed by atoms with van der Waals surface area (Å²) in [6, 6.07) is 0. The van der Waals surface area contributed by atoms with Gasteiger partial charge in [-0.2, -0.15) is 0 Å². The zero-order chi connectivity index (χ0) is 74.3. The first-order chi connectivity index (χ1) is 41.6. The molecule has 2 amide bonds. The normalized spacial score (nSPS) is 12.9. The average Bonchev–Trinajstić information content (AvgIpc) is 1.07. The summed E-state index contributed by atoms with van der Waals surface area (Å²) in [4.78, 5) is 55.5. The van der Waals surface area contributed by atoms with E-state index in [2.05, 4.69) is 43.5 Å². The fourth-order valence-corrected chi connectivity index (χ4v) is 10.0. The molecule has 0 aliphatic heterocycles. The van der Waals surface area contributed by atoms with E-state index in [1.807, 2.05) is 56.4 Å². The van der Waals surface area contributed by atoms with Crippen molar-refractivity contribution in [3.05, 3.63) is 61.3 Å². The summed E-state index contributed by atoms with van der Waals surface area (Å²) in [6.45, 7) is 30.1. The predicted octanol–water partition coefficient (Wildman–Crippen LogP) is -1.94. The molecule has 0 aliphatic rings. The standard InChI is InChI=1S/C12H24N2O5S.C12H24N2O4S.C11H21NO6S.C11H21NO5S.C10H19NO5S/c1-10(2)12(16)13-6-5-7-14(3,4)8-11(15)9-20(17,18)19;1-11(2)12(15)13-7-5-8-14(3,4)9-6-10-19(16,17)18;1-9(2)11(14)18-6-5-12(3,4)7-10(13)8-19(15,16)17;1-10(2)11(13)17-8-7-12(3,4)6-5-9-18(14,15)16;1-4-10(12)16-8-7-11(2,3)6-5-9-17(13,14)15/h11,15H,1,5-9H2,2-4H3,(H-,13,16,17,18,19);1,5-10H2,2-4H3,(H-,13,15,16,17,18);10,13H,1,5-8H2,2-4H3;1,5-9H2,2-4H3;4H,1,5-9H2,2-3H3. The first-order valence-corrected chi connectivity index (χ1v) is 36.9. The average molecular weight is 1440 g/mol. The van der Waals surface area contributed by atoms with Gasteiger partial charge < -0.3 is 80.2 Å². The number of aliphatic hydroxyl groups is 2. The topological polar surface area (TPSA) is 464 Å². The third kappa shape index (κ3) is 71.5. The van der Waals surface area contributed by atoms with Crippen LogP contribution in [-0.2, 0) is 88.8 Å². The van der Waals surface area contributed by atoms with Gasteiger partial charge in [-0.3, -0.25) is 9.59 Å². The Balaban J connectivity index is -0.000000347. The second kappa shape index (κ2) is 45.7. The summed E-state index contributed by atoms with van der Waals surface area (Å²) in [6.07, 6.45) is 1.08. The van der Waals surface area contributed by atoms with E-state index in [9.17, 15) is 99.0 Å². The highest BCUT2D eigenvalue weighted by atomic mass is 32.2. The summed E-state index contributed by atoms with van der Waals surface area (Å²) in [5.74, 6) is -4.40. The van der Waals surface area contributed by atoms with E-state index in [0.717, 1.165) is 19.0 Å². The van der Waals surface area contributed by atoms with Crippen LogP contribution in [0.25, 0.3) is 0 Å². The number of nitrogens with zero attached hydrogens (tertiary/aromatic N) is 5. The Labute approximate surface area is 554 Å². The predicted molar refractivity (Wildman–Crippen MR) is 345 cm³/mol. The van der Waals surface area contributed by atoms with Gasteiger partial charge in [0, 0.05) is 90.8 Å². The number of nitrogens with one attached hydrogen (secondary N) is 2. The first-order valence-electron chi connectivity index (χ1n) is 29.0. The number of hydrogen-bond acceptors (Lipinski definition) is 25. The maximum Gasteiger partial charge on any atom is 0.333 e. The van der Waals surface area contributed by atoms with E-state index >= 15 is 0 Å². The molecule has 0 aromatic rings. The molecule has 93 heavy (non-hydrogen) atoms. The van der Waals surface area contributed by atoms with Gasteiger partial charge in [-0.05, 0) is 27.7 Å². The fourth-order valence-electron chi connectivity index (χ4n) is 7.43. The number of hydrogen-bond donors (Lipinski definition) is 4. The number of likely N-dealkylation sites (N-methyl/N-ethyl adjacent to an activating group) is 4. The van der Waals surface area contributed by atoms with Gasteiger partial charge in [0.2, 0.25) is 11.8 Å². The molecule has 548 valence electrons. The number of rotatable bonds is 42. The molecule has 0 rings (SSSR count). The third-order valence-electron chi connectivity index (χ3n) is 12.6. The molecule has 0 spiro atoms. The van der Waals surface area contributed by atoms with Crippen molar-refractivity contribution in [2.75, 3.05) is 198 Å². The van der Waals surface area contributed by atoms with Crippen LogP contribution in [0.1, 0.15) is 59.8 Å². The zero-order valence-electron chi connectivity index (χ0n) is 57.0. The van der Waals surface area contributed by atoms with Crippen molar-refractivity contribution >= 4 is 80.3 Å². The van der Waals surface area contributed by atoms with Gasteiger partial charge in [-0.25, -0.2) is 56.5 Å². The van der Waals surface area contributed by atoms with E-state index in [0.29, 0.717) is 125 Å². The highest BCUT2D eigenvalue weighted by Crippen LogP contribution is 2.08. The number of ether oxygens (including phenoxy) is 3. The largest absolute Gasteiger partial charge is 0.748 e. The third-order valence-corrected chi connectivity index (χ3v) is 16.5. The van der Waals surface area contributed by atoms with Crippen molar-refractivity contribution in [1.29, 1.82) is 0 Å². The van der Waals surface area contributed by atoms with Gasteiger partial charge in [0.1, 0.15) is 64.8 Å². The van der Waals surface area contributed by atoms with E-state index in [1.54, 1.807) is 34.9 Å². The lowest BCUT2D eigenvalue weighted by molar-refractivity contribution is -0.893. The van der Waals surface area contributed by atoms with Crippen LogP contribution in [0.3, 0.4) is 0 Å². The second-order valence-corrected chi connectivity index (χ2v) is 32.9. The number of aliphatic hydroxyl groups excluding tert-OH is 2. The van der Waals surface area contributed by atoms with E-state index in [4.69, 9.17) is 14.2 Å². The summed E-state index contributed by atoms with van der Waals surface area (Å²) in [7, 11) is -2.72. The number of esters is 3. The summed E-state index contributed by atoms with van der Waals surface area (Å²) >= 11 is 0. The highest BCUT2D eigenvalue weighted by Gasteiger charge is 2.25. The minimum Gasteiger partial charge on any atom is -0.748 e. The number of carbonyl (C=O) groups is 5. The van der Waals surface area contributed by atoms with E-state index in [-0.39, 0.29) is 66.5 Å².